The van der Waals surface area contributed by atoms with Gasteiger partial charge in [-0.25, -0.2) is 4.39 Å². The molecule has 1 aromatic rings. The van der Waals surface area contributed by atoms with Crippen LogP contribution in [0.25, 0.3) is 0 Å². The first-order chi connectivity index (χ1) is 9.54. The van der Waals surface area contributed by atoms with Crippen molar-refractivity contribution >= 4 is 21.6 Å². The van der Waals surface area contributed by atoms with Crippen LogP contribution < -0.4 is 5.32 Å². The SMILES string of the molecule is O=[N+]([O-])c1cc(Br)c(O)c([C@@H](CF)N2CCNCC2)c1. The molecule has 0 unspecified atom stereocenters. The number of alkyl halides is 1. The number of non-ortho nitro benzene ring substituents is 1. The first-order valence-corrected chi connectivity index (χ1v) is 7.01. The fourth-order valence-electron chi connectivity index (χ4n) is 2.34. The largest absolute Gasteiger partial charge is 0.506 e. The standard InChI is InChI=1S/C12H15BrFN3O3/c13-10-6-8(17(19)20)5-9(12(10)18)11(7-14)16-3-1-15-2-4-16/h5-6,11,15,18H,1-4,7H2/t11-/m1/s1. The first-order valence-electron chi connectivity index (χ1n) is 6.22. The lowest BCUT2D eigenvalue weighted by Crippen LogP contribution is -2.45. The summed E-state index contributed by atoms with van der Waals surface area (Å²) in [6, 6.07) is 1.78. The highest BCUT2D eigenvalue weighted by atomic mass is 79.9. The van der Waals surface area contributed by atoms with Gasteiger partial charge in [0.15, 0.2) is 0 Å². The number of halogens is 2. The van der Waals surface area contributed by atoms with Gasteiger partial charge in [0.1, 0.15) is 12.4 Å². The molecule has 0 radical (unpaired) electrons. The maximum atomic E-state index is 13.4. The highest BCUT2D eigenvalue weighted by Gasteiger charge is 2.27. The van der Waals surface area contributed by atoms with Crippen molar-refractivity contribution in [3.8, 4) is 5.75 Å². The Hall–Kier alpha value is -1.25. The Morgan fingerprint density at radius 3 is 2.70 bits per heavy atom. The second kappa shape index (κ2) is 6.47. The van der Waals surface area contributed by atoms with Gasteiger partial charge in [-0.05, 0) is 15.9 Å². The van der Waals surface area contributed by atoms with E-state index in [4.69, 9.17) is 0 Å². The number of hydrogen-bond acceptors (Lipinski definition) is 5. The maximum Gasteiger partial charge on any atom is 0.271 e. The number of nitro benzene ring substituents is 1. The molecule has 1 saturated heterocycles. The number of nitrogens with one attached hydrogen (secondary N) is 1. The number of hydrogen-bond donors (Lipinski definition) is 2. The number of phenols is 1. The topological polar surface area (TPSA) is 78.6 Å². The predicted molar refractivity (Wildman–Crippen MR) is 75.6 cm³/mol. The molecule has 0 bridgehead atoms. The van der Waals surface area contributed by atoms with Gasteiger partial charge in [0.2, 0.25) is 0 Å². The van der Waals surface area contributed by atoms with Crippen LogP contribution in [0.5, 0.6) is 5.75 Å². The first kappa shape index (κ1) is 15.1. The zero-order chi connectivity index (χ0) is 14.7. The lowest BCUT2D eigenvalue weighted by atomic mass is 10.0. The summed E-state index contributed by atoms with van der Waals surface area (Å²) in [4.78, 5) is 12.2. The second-order valence-corrected chi connectivity index (χ2v) is 5.43. The lowest BCUT2D eigenvalue weighted by Gasteiger charge is -2.33. The molecular weight excluding hydrogens is 333 g/mol. The van der Waals surface area contributed by atoms with Crippen LogP contribution in [0.4, 0.5) is 10.1 Å². The Balaban J connectivity index is 2.39. The average molecular weight is 348 g/mol. The summed E-state index contributed by atoms with van der Waals surface area (Å²) in [5.74, 6) is -0.142. The number of rotatable bonds is 4. The summed E-state index contributed by atoms with van der Waals surface area (Å²) in [6.45, 7) is 2.02. The van der Waals surface area contributed by atoms with Gasteiger partial charge < -0.3 is 10.4 Å². The molecule has 1 aliphatic heterocycles. The van der Waals surface area contributed by atoms with Crippen molar-refractivity contribution in [2.24, 2.45) is 0 Å². The quantitative estimate of drug-likeness (QED) is 0.643. The van der Waals surface area contributed by atoms with E-state index >= 15 is 0 Å². The minimum Gasteiger partial charge on any atom is -0.506 e. The van der Waals surface area contributed by atoms with Crippen LogP contribution in [0.1, 0.15) is 11.6 Å². The molecule has 0 saturated carbocycles. The van der Waals surface area contributed by atoms with Gasteiger partial charge in [0.25, 0.3) is 5.69 Å². The van der Waals surface area contributed by atoms with E-state index in [1.54, 1.807) is 0 Å². The van der Waals surface area contributed by atoms with Crippen molar-refractivity contribution in [3.05, 3.63) is 32.3 Å². The summed E-state index contributed by atoms with van der Waals surface area (Å²) < 4.78 is 13.6. The molecule has 0 amide bonds. The Kier molecular flexibility index (Phi) is 4.90. The summed E-state index contributed by atoms with van der Waals surface area (Å²) in [5.41, 5.74) is 0.0775. The Labute approximate surface area is 123 Å². The van der Waals surface area contributed by atoms with E-state index < -0.39 is 17.6 Å². The number of nitrogens with zero attached hydrogens (tertiary/aromatic N) is 2. The number of phenolic OH excluding ortho intramolecular Hbond substituents is 1. The molecular formula is C12H15BrFN3O3. The molecule has 6 nitrogen and oxygen atoms in total. The van der Waals surface area contributed by atoms with Crippen molar-refractivity contribution < 1.29 is 14.4 Å². The zero-order valence-corrected chi connectivity index (χ0v) is 12.3. The van der Waals surface area contributed by atoms with Crippen LogP contribution in [-0.4, -0.2) is 47.8 Å². The van der Waals surface area contributed by atoms with Crippen molar-refractivity contribution in [1.29, 1.82) is 0 Å². The van der Waals surface area contributed by atoms with Crippen LogP contribution in [0.15, 0.2) is 16.6 Å². The lowest BCUT2D eigenvalue weighted by molar-refractivity contribution is -0.385. The van der Waals surface area contributed by atoms with E-state index in [-0.39, 0.29) is 21.5 Å². The highest BCUT2D eigenvalue weighted by Crippen LogP contribution is 2.38. The number of aromatic hydroxyl groups is 1. The molecule has 2 rings (SSSR count). The summed E-state index contributed by atoms with van der Waals surface area (Å²) in [5, 5.41) is 24.1. The fourth-order valence-corrected chi connectivity index (χ4v) is 2.80. The Morgan fingerprint density at radius 1 is 1.50 bits per heavy atom. The third-order valence-electron chi connectivity index (χ3n) is 3.39. The van der Waals surface area contributed by atoms with Gasteiger partial charge in [-0.1, -0.05) is 0 Å². The van der Waals surface area contributed by atoms with Gasteiger partial charge in [0.05, 0.1) is 15.4 Å². The van der Waals surface area contributed by atoms with Crippen molar-refractivity contribution in [2.45, 2.75) is 6.04 Å². The van der Waals surface area contributed by atoms with Gasteiger partial charge in [-0.15, -0.1) is 0 Å². The van der Waals surface area contributed by atoms with E-state index in [1.807, 2.05) is 4.90 Å². The molecule has 20 heavy (non-hydrogen) atoms. The molecule has 0 aromatic heterocycles. The highest BCUT2D eigenvalue weighted by molar-refractivity contribution is 9.10. The van der Waals surface area contributed by atoms with E-state index in [0.717, 1.165) is 13.1 Å². The minimum absolute atomic E-state index is 0.142. The van der Waals surface area contributed by atoms with E-state index in [2.05, 4.69) is 21.2 Å². The molecule has 110 valence electrons. The van der Waals surface area contributed by atoms with Crippen molar-refractivity contribution in [2.75, 3.05) is 32.9 Å². The molecule has 1 aromatic carbocycles. The van der Waals surface area contributed by atoms with E-state index in [0.29, 0.717) is 13.1 Å². The smallest absolute Gasteiger partial charge is 0.271 e. The normalized spacial score (nSPS) is 17.9. The van der Waals surface area contributed by atoms with Gasteiger partial charge in [-0.3, -0.25) is 15.0 Å². The van der Waals surface area contributed by atoms with Crippen molar-refractivity contribution in [1.82, 2.24) is 10.2 Å². The fraction of sp³-hybridized carbons (Fsp3) is 0.500. The van der Waals surface area contributed by atoms with Crippen LogP contribution in [0.2, 0.25) is 0 Å². The second-order valence-electron chi connectivity index (χ2n) is 4.58. The zero-order valence-electron chi connectivity index (χ0n) is 10.7. The molecule has 8 heteroatoms. The van der Waals surface area contributed by atoms with Crippen LogP contribution in [0, 0.1) is 10.1 Å². The molecule has 1 aliphatic rings. The third kappa shape index (κ3) is 3.08. The van der Waals surface area contributed by atoms with Crippen LogP contribution in [-0.2, 0) is 0 Å². The predicted octanol–water partition coefficient (Wildman–Crippen LogP) is 1.98. The van der Waals surface area contributed by atoms with Gasteiger partial charge in [0, 0.05) is 43.9 Å². The van der Waals surface area contributed by atoms with E-state index in [9.17, 15) is 19.6 Å². The summed E-state index contributed by atoms with van der Waals surface area (Å²) >= 11 is 3.08. The van der Waals surface area contributed by atoms with Crippen molar-refractivity contribution in [3.63, 3.8) is 0 Å². The molecule has 1 atom stereocenters. The maximum absolute atomic E-state index is 13.4. The molecule has 2 N–H and O–H groups in total. The molecule has 1 fully saturated rings. The molecule has 0 aliphatic carbocycles. The molecule has 0 spiro atoms. The van der Waals surface area contributed by atoms with Gasteiger partial charge in [-0.2, -0.15) is 0 Å². The molecule has 1 heterocycles. The number of nitro groups is 1. The Bertz CT molecular complexity index is 509. The summed E-state index contributed by atoms with van der Waals surface area (Å²) in [7, 11) is 0. The van der Waals surface area contributed by atoms with Crippen LogP contribution >= 0.6 is 15.9 Å². The number of piperazine rings is 1. The Morgan fingerprint density at radius 2 is 2.15 bits per heavy atom. The third-order valence-corrected chi connectivity index (χ3v) is 3.99. The monoisotopic (exact) mass is 347 g/mol. The summed E-state index contributed by atoms with van der Waals surface area (Å²) in [6.07, 6.45) is 0. The number of benzene rings is 1. The minimum atomic E-state index is -0.707. The van der Waals surface area contributed by atoms with Crippen LogP contribution in [0.3, 0.4) is 0 Å². The van der Waals surface area contributed by atoms with E-state index in [1.165, 1.54) is 12.1 Å². The van der Waals surface area contributed by atoms with Gasteiger partial charge >= 0.3 is 0 Å². The average Bonchev–Trinajstić information content (AvgIpc) is 2.45.